The largest absolute Gasteiger partial charge is 0.326 e. The molecular formula is C27H35N5O. The van der Waals surface area contributed by atoms with Gasteiger partial charge in [0.1, 0.15) is 0 Å². The number of nitrogens with one attached hydrogen (secondary N) is 2. The number of amides is 1. The number of anilines is 1. The summed E-state index contributed by atoms with van der Waals surface area (Å²) in [4.78, 5) is 17.7. The summed E-state index contributed by atoms with van der Waals surface area (Å²) in [5.41, 5.74) is 5.77. The monoisotopic (exact) mass is 445 g/mol. The molecule has 174 valence electrons. The van der Waals surface area contributed by atoms with Crippen LogP contribution in [0.2, 0.25) is 0 Å². The zero-order valence-corrected chi connectivity index (χ0v) is 20.6. The number of nitrogens with zero attached hydrogens (tertiary/aromatic N) is 3. The molecule has 0 bridgehead atoms. The molecule has 0 unspecified atom stereocenters. The minimum absolute atomic E-state index is 0.0358. The second-order valence-electron chi connectivity index (χ2n) is 9.39. The molecule has 3 rings (SSSR count). The standard InChI is InChI=1S/C27H35N5O/c1-7-16-32-18-22(20(3)31-32)17-28-26(29-24-11-9-8-10-19(24)2)30-25(33)21-12-14-23(15-13-21)27(4,5)6/h8-15,18H,7,16-17H2,1-6H3,(H2,28,29,30,33). The van der Waals surface area contributed by atoms with E-state index < -0.39 is 0 Å². The number of hydrogen-bond acceptors (Lipinski definition) is 3. The fourth-order valence-electron chi connectivity index (χ4n) is 3.47. The van der Waals surface area contributed by atoms with Gasteiger partial charge in [-0.25, -0.2) is 4.99 Å². The number of aliphatic imine (C=N–C) groups is 1. The van der Waals surface area contributed by atoms with Crippen molar-refractivity contribution in [3.63, 3.8) is 0 Å². The van der Waals surface area contributed by atoms with E-state index in [1.54, 1.807) is 0 Å². The second kappa shape index (κ2) is 10.5. The van der Waals surface area contributed by atoms with E-state index in [1.165, 1.54) is 5.56 Å². The first-order valence-electron chi connectivity index (χ1n) is 11.5. The van der Waals surface area contributed by atoms with Crippen LogP contribution in [0.25, 0.3) is 0 Å². The van der Waals surface area contributed by atoms with Crippen LogP contribution in [-0.2, 0) is 18.5 Å². The number of aryl methyl sites for hydroxylation is 3. The Morgan fingerprint density at radius 3 is 2.39 bits per heavy atom. The summed E-state index contributed by atoms with van der Waals surface area (Å²) in [5, 5.41) is 10.8. The van der Waals surface area contributed by atoms with Crippen LogP contribution in [-0.4, -0.2) is 21.6 Å². The number of aromatic nitrogens is 2. The van der Waals surface area contributed by atoms with Gasteiger partial charge in [-0.05, 0) is 55.0 Å². The average Bonchev–Trinajstić information content (AvgIpc) is 3.12. The van der Waals surface area contributed by atoms with Crippen LogP contribution < -0.4 is 10.6 Å². The summed E-state index contributed by atoms with van der Waals surface area (Å²) >= 11 is 0. The highest BCUT2D eigenvalue weighted by atomic mass is 16.1. The fourth-order valence-corrected chi connectivity index (χ4v) is 3.47. The van der Waals surface area contributed by atoms with E-state index in [0.29, 0.717) is 18.1 Å². The van der Waals surface area contributed by atoms with Crippen molar-refractivity contribution in [1.82, 2.24) is 15.1 Å². The molecule has 2 aromatic carbocycles. The molecule has 0 aliphatic rings. The minimum atomic E-state index is -0.200. The molecule has 33 heavy (non-hydrogen) atoms. The van der Waals surface area contributed by atoms with E-state index in [9.17, 15) is 4.79 Å². The number of hydrogen-bond donors (Lipinski definition) is 2. The molecule has 0 radical (unpaired) electrons. The first-order chi connectivity index (χ1) is 15.7. The van der Waals surface area contributed by atoms with Crippen LogP contribution in [0.1, 0.15) is 66.9 Å². The van der Waals surface area contributed by atoms with Crippen molar-refractivity contribution in [3.8, 4) is 0 Å². The molecule has 0 spiro atoms. The Balaban J connectivity index is 1.83. The predicted molar refractivity (Wildman–Crippen MR) is 136 cm³/mol. The summed E-state index contributed by atoms with van der Waals surface area (Å²) in [5.74, 6) is 0.213. The highest BCUT2D eigenvalue weighted by Gasteiger charge is 2.15. The number of guanidine groups is 1. The number of rotatable bonds is 6. The molecule has 1 amide bonds. The summed E-state index contributed by atoms with van der Waals surface area (Å²) in [6.07, 6.45) is 3.05. The molecule has 0 saturated carbocycles. The van der Waals surface area contributed by atoms with Crippen molar-refractivity contribution in [1.29, 1.82) is 0 Å². The molecular weight excluding hydrogens is 410 g/mol. The van der Waals surface area contributed by atoms with Gasteiger partial charge >= 0.3 is 0 Å². The van der Waals surface area contributed by atoms with E-state index >= 15 is 0 Å². The molecule has 1 heterocycles. The molecule has 6 heteroatoms. The SMILES string of the molecule is CCCn1cc(CN=C(NC(=O)c2ccc(C(C)(C)C)cc2)Nc2ccccc2C)c(C)n1. The lowest BCUT2D eigenvalue weighted by Crippen LogP contribution is -2.36. The van der Waals surface area contributed by atoms with Crippen LogP contribution in [0.4, 0.5) is 5.69 Å². The Kier molecular flexibility index (Phi) is 7.69. The van der Waals surface area contributed by atoms with Crippen LogP contribution in [0, 0.1) is 13.8 Å². The molecule has 6 nitrogen and oxygen atoms in total. The predicted octanol–water partition coefficient (Wildman–Crippen LogP) is 5.61. The fraction of sp³-hybridized carbons (Fsp3) is 0.370. The number of benzene rings is 2. The third-order valence-electron chi connectivity index (χ3n) is 5.55. The van der Waals surface area contributed by atoms with Crippen LogP contribution in [0.15, 0.2) is 59.7 Å². The molecule has 0 aliphatic heterocycles. The maximum absolute atomic E-state index is 13.0. The summed E-state index contributed by atoms with van der Waals surface area (Å²) < 4.78 is 1.95. The Labute approximate surface area is 197 Å². The normalized spacial score (nSPS) is 12.0. The summed E-state index contributed by atoms with van der Waals surface area (Å²) in [6.45, 7) is 13.9. The van der Waals surface area contributed by atoms with Crippen LogP contribution in [0.5, 0.6) is 0 Å². The molecule has 2 N–H and O–H groups in total. The second-order valence-corrected chi connectivity index (χ2v) is 9.39. The molecule has 1 aromatic heterocycles. The van der Waals surface area contributed by atoms with Gasteiger partial charge in [0.05, 0.1) is 12.2 Å². The maximum Gasteiger partial charge on any atom is 0.257 e. The van der Waals surface area contributed by atoms with Crippen molar-refractivity contribution in [2.24, 2.45) is 4.99 Å². The van der Waals surface area contributed by atoms with Crippen molar-refractivity contribution in [2.75, 3.05) is 5.32 Å². The number of carbonyl (C=O) groups is 1. The lowest BCUT2D eigenvalue weighted by atomic mass is 9.87. The van der Waals surface area contributed by atoms with Crippen LogP contribution >= 0.6 is 0 Å². The van der Waals surface area contributed by atoms with Crippen molar-refractivity contribution in [3.05, 3.63) is 82.7 Å². The van der Waals surface area contributed by atoms with E-state index in [1.807, 2.05) is 73.3 Å². The zero-order chi connectivity index (χ0) is 24.0. The number of para-hydroxylation sites is 1. The van der Waals surface area contributed by atoms with Crippen molar-refractivity contribution in [2.45, 2.75) is 66.5 Å². The van der Waals surface area contributed by atoms with Gasteiger partial charge in [0, 0.05) is 29.6 Å². The third kappa shape index (κ3) is 6.54. The Hall–Kier alpha value is -3.41. The average molecular weight is 446 g/mol. The van der Waals surface area contributed by atoms with Crippen LogP contribution in [0.3, 0.4) is 0 Å². The van der Waals surface area contributed by atoms with E-state index in [2.05, 4.69) is 43.4 Å². The maximum atomic E-state index is 13.0. The summed E-state index contributed by atoms with van der Waals surface area (Å²) in [7, 11) is 0. The van der Waals surface area contributed by atoms with Gasteiger partial charge in [-0.1, -0.05) is 58.0 Å². The smallest absolute Gasteiger partial charge is 0.257 e. The quantitative estimate of drug-likeness (QED) is 0.383. The molecule has 0 atom stereocenters. The van der Waals surface area contributed by atoms with Crippen molar-refractivity contribution < 1.29 is 4.79 Å². The van der Waals surface area contributed by atoms with Gasteiger partial charge < -0.3 is 5.32 Å². The zero-order valence-electron chi connectivity index (χ0n) is 20.6. The highest BCUT2D eigenvalue weighted by Crippen LogP contribution is 2.22. The minimum Gasteiger partial charge on any atom is -0.326 e. The van der Waals surface area contributed by atoms with Gasteiger partial charge in [-0.2, -0.15) is 5.10 Å². The lowest BCUT2D eigenvalue weighted by molar-refractivity contribution is 0.0977. The van der Waals surface area contributed by atoms with Gasteiger partial charge in [-0.3, -0.25) is 14.8 Å². The first kappa shape index (κ1) is 24.2. The van der Waals surface area contributed by atoms with E-state index in [4.69, 9.17) is 4.99 Å². The Morgan fingerprint density at radius 2 is 1.76 bits per heavy atom. The van der Waals surface area contributed by atoms with Gasteiger partial charge in [0.2, 0.25) is 5.96 Å². The first-order valence-corrected chi connectivity index (χ1v) is 11.5. The molecule has 0 saturated heterocycles. The Morgan fingerprint density at radius 1 is 1.06 bits per heavy atom. The van der Waals surface area contributed by atoms with E-state index in [-0.39, 0.29) is 11.3 Å². The molecule has 0 aliphatic carbocycles. The van der Waals surface area contributed by atoms with E-state index in [0.717, 1.165) is 35.5 Å². The van der Waals surface area contributed by atoms with Gasteiger partial charge in [-0.15, -0.1) is 0 Å². The topological polar surface area (TPSA) is 71.3 Å². The number of carbonyl (C=O) groups excluding carboxylic acids is 1. The van der Waals surface area contributed by atoms with Crippen molar-refractivity contribution >= 4 is 17.6 Å². The van der Waals surface area contributed by atoms with Gasteiger partial charge in [0.25, 0.3) is 5.91 Å². The molecule has 0 fully saturated rings. The third-order valence-corrected chi connectivity index (χ3v) is 5.55. The molecule has 3 aromatic rings. The van der Waals surface area contributed by atoms with Gasteiger partial charge in [0.15, 0.2) is 0 Å². The lowest BCUT2D eigenvalue weighted by Gasteiger charge is -2.19. The summed E-state index contributed by atoms with van der Waals surface area (Å²) in [6, 6.07) is 15.7. The highest BCUT2D eigenvalue weighted by molar-refractivity contribution is 6.10. The Bertz CT molecular complexity index is 1120.